The van der Waals surface area contributed by atoms with Gasteiger partial charge in [0.2, 0.25) is 0 Å². The molecule has 7 nitrogen and oxygen atoms in total. The molecule has 0 radical (unpaired) electrons. The van der Waals surface area contributed by atoms with E-state index < -0.39 is 33.4 Å². The third kappa shape index (κ3) is 5.15. The average molecular weight is 378 g/mol. The third-order valence-corrected chi connectivity index (χ3v) is 5.64. The van der Waals surface area contributed by atoms with Crippen LogP contribution in [-0.2, 0) is 33.3 Å². The number of carbonyl (C=O) groups is 1. The second-order valence-corrected chi connectivity index (χ2v) is 9.84. The van der Waals surface area contributed by atoms with E-state index in [1.807, 2.05) is 6.92 Å². The number of rotatable bonds is 5. The average Bonchev–Trinajstić information content (AvgIpc) is 2.58. The Hall–Kier alpha value is -0.700. The van der Waals surface area contributed by atoms with E-state index in [1.165, 1.54) is 6.92 Å². The maximum atomic E-state index is 11.7. The van der Waals surface area contributed by atoms with Crippen molar-refractivity contribution in [1.82, 2.24) is 0 Å². The minimum atomic E-state index is -3.74. The van der Waals surface area contributed by atoms with Crippen LogP contribution in [0.15, 0.2) is 0 Å². The van der Waals surface area contributed by atoms with Gasteiger partial charge in [-0.2, -0.15) is 8.42 Å². The molecule has 25 heavy (non-hydrogen) atoms. The van der Waals surface area contributed by atoms with Crippen molar-refractivity contribution in [3.8, 4) is 0 Å². The van der Waals surface area contributed by atoms with Gasteiger partial charge in [-0.25, -0.2) is 0 Å². The van der Waals surface area contributed by atoms with Crippen molar-refractivity contribution in [2.24, 2.45) is 0 Å². The molecule has 0 N–H and O–H groups in total. The number of fused-ring (bicyclic) bond motifs is 1. The largest absolute Gasteiger partial charge is 0.463 e. The van der Waals surface area contributed by atoms with Gasteiger partial charge in [0.25, 0.3) is 10.1 Å². The highest BCUT2D eigenvalue weighted by Crippen LogP contribution is 2.48. The van der Waals surface area contributed by atoms with Crippen molar-refractivity contribution in [3.05, 3.63) is 0 Å². The van der Waals surface area contributed by atoms with Crippen LogP contribution in [0.3, 0.4) is 0 Å². The monoisotopic (exact) mass is 378 g/mol. The van der Waals surface area contributed by atoms with Crippen LogP contribution in [-0.4, -0.2) is 56.3 Å². The number of esters is 1. The number of ether oxygens (including phenoxy) is 3. The summed E-state index contributed by atoms with van der Waals surface area (Å²) in [6, 6.07) is 0. The highest BCUT2D eigenvalue weighted by atomic mass is 32.2. The van der Waals surface area contributed by atoms with E-state index in [-0.39, 0.29) is 18.3 Å². The first-order valence-corrected chi connectivity index (χ1v) is 10.5. The molecule has 0 aromatic rings. The van der Waals surface area contributed by atoms with Crippen molar-refractivity contribution < 1.29 is 31.6 Å². The second-order valence-electron chi connectivity index (χ2n) is 8.24. The fourth-order valence-corrected chi connectivity index (χ4v) is 4.50. The molecular formula is C17H30O7S. The van der Waals surface area contributed by atoms with Gasteiger partial charge in [0, 0.05) is 13.3 Å². The molecule has 0 aliphatic carbocycles. The van der Waals surface area contributed by atoms with Gasteiger partial charge in [0.1, 0.15) is 12.7 Å². The lowest BCUT2D eigenvalue weighted by molar-refractivity contribution is -0.171. The van der Waals surface area contributed by atoms with Crippen molar-refractivity contribution in [2.45, 2.75) is 89.3 Å². The number of hydrogen-bond acceptors (Lipinski definition) is 7. The van der Waals surface area contributed by atoms with E-state index >= 15 is 0 Å². The topological polar surface area (TPSA) is 88.1 Å². The van der Waals surface area contributed by atoms with Crippen molar-refractivity contribution >= 4 is 16.1 Å². The summed E-state index contributed by atoms with van der Waals surface area (Å²) in [5, 5.41) is 0. The quantitative estimate of drug-likeness (QED) is 0.535. The smallest absolute Gasteiger partial charge is 0.302 e. The van der Waals surface area contributed by atoms with Crippen LogP contribution in [0.25, 0.3) is 0 Å². The molecule has 8 heteroatoms. The van der Waals surface area contributed by atoms with Crippen LogP contribution < -0.4 is 0 Å². The lowest BCUT2D eigenvalue weighted by atomic mass is 9.89. The maximum absolute atomic E-state index is 11.7. The summed E-state index contributed by atoms with van der Waals surface area (Å²) in [4.78, 5) is 11.2. The first-order chi connectivity index (χ1) is 11.2. The maximum Gasteiger partial charge on any atom is 0.302 e. The van der Waals surface area contributed by atoms with Crippen molar-refractivity contribution in [3.63, 3.8) is 0 Å². The van der Waals surface area contributed by atoms with Crippen molar-refractivity contribution in [2.75, 3.05) is 12.9 Å². The molecule has 2 rings (SSSR count). The molecule has 2 fully saturated rings. The lowest BCUT2D eigenvalue weighted by Crippen LogP contribution is -2.47. The van der Waals surface area contributed by atoms with Gasteiger partial charge in [0.05, 0.1) is 29.2 Å². The molecule has 2 heterocycles. The summed E-state index contributed by atoms with van der Waals surface area (Å²) in [6.45, 7) is 8.98. The molecule has 0 spiro atoms. The fraction of sp³-hybridized carbons (Fsp3) is 0.941. The molecule has 0 amide bonds. The Bertz CT molecular complexity index is 614. The van der Waals surface area contributed by atoms with Crippen LogP contribution in [0.2, 0.25) is 0 Å². The molecule has 2 aliphatic rings. The molecule has 2 saturated heterocycles. The fourth-order valence-electron chi connectivity index (χ4n) is 3.82. The van der Waals surface area contributed by atoms with E-state index in [4.69, 9.17) is 18.4 Å². The molecule has 0 bridgehead atoms. The predicted molar refractivity (Wildman–Crippen MR) is 91.7 cm³/mol. The summed E-state index contributed by atoms with van der Waals surface area (Å²) in [5.41, 5.74) is -1.73. The minimum Gasteiger partial charge on any atom is -0.463 e. The van der Waals surface area contributed by atoms with E-state index in [0.717, 1.165) is 25.5 Å². The number of hydrogen-bond donors (Lipinski definition) is 0. The first kappa shape index (κ1) is 20.6. The SMILES string of the molecule is CC(=O)OC[C@@H](OS(C)(=O)=O)[C@]1(C)C[C@H]2OC(C)(C)CCC[C@]2(C)O1. The second kappa shape index (κ2) is 6.79. The minimum absolute atomic E-state index is 0.182. The normalized spacial score (nSPS) is 36.3. The third-order valence-electron chi connectivity index (χ3n) is 5.06. The Labute approximate surface area is 150 Å². The summed E-state index contributed by atoms with van der Waals surface area (Å²) < 4.78 is 46.3. The molecule has 0 saturated carbocycles. The summed E-state index contributed by atoms with van der Waals surface area (Å²) >= 11 is 0. The standard InChI is InChI=1S/C17H30O7S/c1-12(18)21-11-14(23-25(6,19)20)17(5)10-13-16(4,24-17)9-7-8-15(2,3)22-13/h13-14H,7-11H2,1-6H3/t13-,14-,16+,17+/m1/s1. The molecule has 0 unspecified atom stereocenters. The molecule has 4 atom stereocenters. The zero-order valence-corrected chi connectivity index (χ0v) is 16.8. The zero-order chi connectivity index (χ0) is 19.1. The Kier molecular flexibility index (Phi) is 5.60. The molecular weight excluding hydrogens is 348 g/mol. The van der Waals surface area contributed by atoms with Gasteiger partial charge in [-0.05, 0) is 47.0 Å². The van der Waals surface area contributed by atoms with Gasteiger partial charge < -0.3 is 14.2 Å². The highest BCUT2D eigenvalue weighted by molar-refractivity contribution is 7.86. The predicted octanol–water partition coefficient (Wildman–Crippen LogP) is 2.18. The first-order valence-electron chi connectivity index (χ1n) is 8.64. The van der Waals surface area contributed by atoms with E-state index in [9.17, 15) is 13.2 Å². The van der Waals surface area contributed by atoms with Crippen molar-refractivity contribution in [1.29, 1.82) is 0 Å². The highest BCUT2D eigenvalue weighted by Gasteiger charge is 2.58. The van der Waals surface area contributed by atoms with E-state index in [2.05, 4.69) is 13.8 Å². The van der Waals surface area contributed by atoms with Crippen LogP contribution >= 0.6 is 0 Å². The van der Waals surface area contributed by atoms with Gasteiger partial charge in [-0.3, -0.25) is 8.98 Å². The van der Waals surface area contributed by atoms with Crippen LogP contribution in [0.4, 0.5) is 0 Å². The van der Waals surface area contributed by atoms with E-state index in [0.29, 0.717) is 6.42 Å². The summed E-state index contributed by atoms with van der Waals surface area (Å²) in [6.07, 6.45) is 3.04. The summed E-state index contributed by atoms with van der Waals surface area (Å²) in [7, 11) is -3.74. The van der Waals surface area contributed by atoms with Crippen LogP contribution in [0.5, 0.6) is 0 Å². The summed E-state index contributed by atoms with van der Waals surface area (Å²) in [5.74, 6) is -0.499. The lowest BCUT2D eigenvalue weighted by Gasteiger charge is -2.35. The number of carbonyl (C=O) groups excluding carboxylic acids is 1. The van der Waals surface area contributed by atoms with Gasteiger partial charge in [0.15, 0.2) is 0 Å². The van der Waals surface area contributed by atoms with Crippen LogP contribution in [0.1, 0.15) is 60.3 Å². The Morgan fingerprint density at radius 3 is 2.44 bits per heavy atom. The molecule has 146 valence electrons. The molecule has 2 aliphatic heterocycles. The Balaban J connectivity index is 2.26. The Morgan fingerprint density at radius 1 is 1.24 bits per heavy atom. The molecule has 0 aromatic heterocycles. The van der Waals surface area contributed by atoms with Gasteiger partial charge >= 0.3 is 5.97 Å². The van der Waals surface area contributed by atoms with Gasteiger partial charge in [-0.1, -0.05) is 0 Å². The Morgan fingerprint density at radius 2 is 1.88 bits per heavy atom. The molecule has 0 aromatic carbocycles. The van der Waals surface area contributed by atoms with Gasteiger partial charge in [-0.15, -0.1) is 0 Å². The zero-order valence-electron chi connectivity index (χ0n) is 16.0. The van der Waals surface area contributed by atoms with E-state index in [1.54, 1.807) is 6.92 Å². The van der Waals surface area contributed by atoms with Crippen LogP contribution in [0, 0.1) is 0 Å².